The van der Waals surface area contributed by atoms with Gasteiger partial charge in [-0.2, -0.15) is 0 Å². The second-order valence-electron chi connectivity index (χ2n) is 10.2. The first-order chi connectivity index (χ1) is 18.9. The van der Waals surface area contributed by atoms with Gasteiger partial charge in [-0.15, -0.1) is 11.8 Å². The van der Waals surface area contributed by atoms with E-state index in [0.29, 0.717) is 28.8 Å². The van der Waals surface area contributed by atoms with Gasteiger partial charge >= 0.3 is 0 Å². The zero-order chi connectivity index (χ0) is 27.6. The van der Waals surface area contributed by atoms with Crippen LogP contribution in [0.25, 0.3) is 0 Å². The Bertz CT molecular complexity index is 1250. The number of amides is 2. The Labute approximate surface area is 246 Å². The summed E-state index contributed by atoms with van der Waals surface area (Å²) in [4.78, 5) is 29.5. The molecule has 0 aliphatic heterocycles. The molecule has 1 aliphatic rings. The van der Waals surface area contributed by atoms with E-state index in [0.717, 1.165) is 47.9 Å². The van der Waals surface area contributed by atoms with Gasteiger partial charge in [0.05, 0.1) is 15.8 Å². The van der Waals surface area contributed by atoms with Crippen molar-refractivity contribution in [3.63, 3.8) is 0 Å². The number of carbonyl (C=O) groups excluding carboxylic acids is 2. The number of hydrogen-bond acceptors (Lipinski definition) is 3. The number of nitrogens with one attached hydrogen (secondary N) is 1. The van der Waals surface area contributed by atoms with Crippen molar-refractivity contribution >= 4 is 46.8 Å². The fraction of sp³-hybridized carbons (Fsp3) is 0.375. The summed E-state index contributed by atoms with van der Waals surface area (Å²) < 4.78 is 0. The molecule has 39 heavy (non-hydrogen) atoms. The molecule has 0 radical (unpaired) electrons. The minimum absolute atomic E-state index is 0.0527. The van der Waals surface area contributed by atoms with Gasteiger partial charge in [-0.25, -0.2) is 0 Å². The Hall–Kier alpha value is -2.47. The van der Waals surface area contributed by atoms with E-state index >= 15 is 0 Å². The van der Waals surface area contributed by atoms with Crippen LogP contribution in [0.3, 0.4) is 0 Å². The third-order valence-corrected chi connectivity index (χ3v) is 9.03. The predicted molar refractivity (Wildman–Crippen MR) is 163 cm³/mol. The highest BCUT2D eigenvalue weighted by atomic mass is 35.5. The van der Waals surface area contributed by atoms with Crippen molar-refractivity contribution < 1.29 is 9.59 Å². The van der Waals surface area contributed by atoms with Crippen molar-refractivity contribution in [1.82, 2.24) is 10.2 Å². The number of thioether (sulfide) groups is 1. The number of nitrogens with zero attached hydrogens (tertiary/aromatic N) is 1. The van der Waals surface area contributed by atoms with Crippen LogP contribution in [0.4, 0.5) is 0 Å². The molecule has 0 spiro atoms. The molecule has 4 nitrogen and oxygen atoms in total. The van der Waals surface area contributed by atoms with Gasteiger partial charge in [-0.3, -0.25) is 9.59 Å². The lowest BCUT2D eigenvalue weighted by Crippen LogP contribution is -2.53. The van der Waals surface area contributed by atoms with E-state index in [4.69, 9.17) is 23.2 Å². The van der Waals surface area contributed by atoms with Crippen LogP contribution in [0.15, 0.2) is 72.8 Å². The lowest BCUT2D eigenvalue weighted by atomic mass is 9.94. The van der Waals surface area contributed by atoms with Gasteiger partial charge in [0.25, 0.3) is 0 Å². The molecule has 0 aromatic heterocycles. The van der Waals surface area contributed by atoms with Crippen molar-refractivity contribution in [2.24, 2.45) is 0 Å². The maximum atomic E-state index is 13.9. The monoisotopic (exact) mass is 582 g/mol. The Morgan fingerprint density at radius 3 is 2.36 bits per heavy atom. The van der Waals surface area contributed by atoms with Gasteiger partial charge in [0, 0.05) is 24.8 Å². The zero-order valence-electron chi connectivity index (χ0n) is 22.4. The number of rotatable bonds is 11. The van der Waals surface area contributed by atoms with Crippen molar-refractivity contribution in [3.8, 4) is 0 Å². The quantitative estimate of drug-likeness (QED) is 0.253. The van der Waals surface area contributed by atoms with Crippen LogP contribution in [0, 0.1) is 6.92 Å². The molecule has 1 saturated carbocycles. The number of halogens is 2. The standard InChI is InChI=1S/C32H36Cl2N2O2S/c1-23-10-8-9-13-26(23)20-36(31(37)22-39-21-25-16-17-28(33)29(34)18-25)30(19-24-11-4-2-5-12-24)32(38)35-27-14-6-3-7-15-27/h2,4-5,8-13,16-18,27,30H,3,6-7,14-15,19-22H2,1H3,(H,35,38). The van der Waals surface area contributed by atoms with E-state index in [2.05, 4.69) is 5.32 Å². The molecule has 206 valence electrons. The third-order valence-electron chi connectivity index (χ3n) is 7.30. The fourth-order valence-corrected chi connectivity index (χ4v) is 6.22. The molecule has 1 aliphatic carbocycles. The first kappa shape index (κ1) is 29.5. The van der Waals surface area contributed by atoms with E-state index in [1.54, 1.807) is 11.0 Å². The van der Waals surface area contributed by atoms with Crippen LogP contribution in [-0.4, -0.2) is 34.6 Å². The van der Waals surface area contributed by atoms with Gasteiger partial charge in [0.1, 0.15) is 6.04 Å². The third kappa shape index (κ3) is 8.76. The van der Waals surface area contributed by atoms with E-state index in [9.17, 15) is 9.59 Å². The minimum Gasteiger partial charge on any atom is -0.352 e. The van der Waals surface area contributed by atoms with Gasteiger partial charge in [0.2, 0.25) is 11.8 Å². The first-order valence-corrected chi connectivity index (χ1v) is 15.5. The summed E-state index contributed by atoms with van der Waals surface area (Å²) in [7, 11) is 0. The lowest BCUT2D eigenvalue weighted by Gasteiger charge is -2.34. The fourth-order valence-electron chi connectivity index (χ4n) is 5.04. The topological polar surface area (TPSA) is 49.4 Å². The molecular formula is C32H36Cl2N2O2S. The molecule has 1 atom stereocenters. The largest absolute Gasteiger partial charge is 0.352 e. The predicted octanol–water partition coefficient (Wildman–Crippen LogP) is 7.62. The van der Waals surface area contributed by atoms with Crippen molar-refractivity contribution in [2.45, 2.75) is 69.8 Å². The smallest absolute Gasteiger partial charge is 0.243 e. The summed E-state index contributed by atoms with van der Waals surface area (Å²) in [5, 5.41) is 4.32. The first-order valence-electron chi connectivity index (χ1n) is 13.6. The van der Waals surface area contributed by atoms with Gasteiger partial charge in [0.15, 0.2) is 0 Å². The summed E-state index contributed by atoms with van der Waals surface area (Å²) in [5.41, 5.74) is 4.18. The van der Waals surface area contributed by atoms with Crippen molar-refractivity contribution in [3.05, 3.63) is 105 Å². The summed E-state index contributed by atoms with van der Waals surface area (Å²) in [6.45, 7) is 2.43. The maximum absolute atomic E-state index is 13.9. The van der Waals surface area contributed by atoms with Gasteiger partial charge in [-0.05, 0) is 54.2 Å². The van der Waals surface area contributed by atoms with Crippen LogP contribution in [0.5, 0.6) is 0 Å². The molecule has 1 unspecified atom stereocenters. The molecular weight excluding hydrogens is 547 g/mol. The van der Waals surface area contributed by atoms with Crippen LogP contribution in [0.1, 0.15) is 54.4 Å². The van der Waals surface area contributed by atoms with Crippen LogP contribution in [0.2, 0.25) is 10.0 Å². The molecule has 1 fully saturated rings. The maximum Gasteiger partial charge on any atom is 0.243 e. The SMILES string of the molecule is Cc1ccccc1CN(C(=O)CSCc1ccc(Cl)c(Cl)c1)C(Cc1ccccc1)C(=O)NC1CCCCC1. The minimum atomic E-state index is -0.605. The molecule has 0 bridgehead atoms. The summed E-state index contributed by atoms with van der Waals surface area (Å²) in [6.07, 6.45) is 5.93. The van der Waals surface area contributed by atoms with E-state index in [1.807, 2.05) is 73.7 Å². The highest BCUT2D eigenvalue weighted by Crippen LogP contribution is 2.26. The Morgan fingerprint density at radius 2 is 1.64 bits per heavy atom. The molecule has 3 aromatic rings. The van der Waals surface area contributed by atoms with Crippen LogP contribution in [-0.2, 0) is 28.3 Å². The molecule has 4 rings (SSSR count). The number of carbonyl (C=O) groups is 2. The molecule has 0 heterocycles. The van der Waals surface area contributed by atoms with E-state index < -0.39 is 6.04 Å². The number of hydrogen-bond donors (Lipinski definition) is 1. The van der Waals surface area contributed by atoms with Gasteiger partial charge in [-0.1, -0.05) is 103 Å². The van der Waals surface area contributed by atoms with Gasteiger partial charge < -0.3 is 10.2 Å². The summed E-state index contributed by atoms with van der Waals surface area (Å²) in [5.74, 6) is 0.761. The van der Waals surface area contributed by atoms with E-state index in [1.165, 1.54) is 18.2 Å². The average Bonchev–Trinajstić information content (AvgIpc) is 2.94. The molecule has 7 heteroatoms. The second-order valence-corrected chi connectivity index (χ2v) is 12.0. The highest BCUT2D eigenvalue weighted by Gasteiger charge is 2.32. The average molecular weight is 584 g/mol. The Morgan fingerprint density at radius 1 is 0.923 bits per heavy atom. The van der Waals surface area contributed by atoms with Crippen LogP contribution >= 0.6 is 35.0 Å². The Balaban J connectivity index is 1.57. The van der Waals surface area contributed by atoms with Crippen molar-refractivity contribution in [1.29, 1.82) is 0 Å². The normalized spacial score (nSPS) is 14.5. The molecule has 0 saturated heterocycles. The molecule has 3 aromatic carbocycles. The Kier molecular flexibility index (Phi) is 11.2. The molecule has 1 N–H and O–H groups in total. The summed E-state index contributed by atoms with van der Waals surface area (Å²) >= 11 is 13.8. The van der Waals surface area contributed by atoms with Crippen LogP contribution < -0.4 is 5.32 Å². The lowest BCUT2D eigenvalue weighted by molar-refractivity contribution is -0.139. The summed E-state index contributed by atoms with van der Waals surface area (Å²) in [6, 6.07) is 23.1. The highest BCUT2D eigenvalue weighted by molar-refractivity contribution is 7.99. The number of aryl methyl sites for hydroxylation is 1. The van der Waals surface area contributed by atoms with E-state index in [-0.39, 0.29) is 23.6 Å². The zero-order valence-corrected chi connectivity index (χ0v) is 24.7. The number of benzene rings is 3. The molecule has 2 amide bonds. The second kappa shape index (κ2) is 14.8. The van der Waals surface area contributed by atoms with Crippen molar-refractivity contribution in [2.75, 3.05) is 5.75 Å².